The average molecular weight is 492 g/mol. The minimum absolute atomic E-state index is 0.0994. The van der Waals surface area contributed by atoms with Crippen LogP contribution < -0.4 is 10.6 Å². The van der Waals surface area contributed by atoms with Crippen LogP contribution in [0, 0.1) is 11.8 Å². The Morgan fingerprint density at radius 2 is 1.57 bits per heavy atom. The second kappa shape index (κ2) is 10.8. The van der Waals surface area contributed by atoms with Gasteiger partial charge in [0.15, 0.2) is 5.92 Å². The lowest BCUT2D eigenvalue weighted by molar-refractivity contribution is -0.182. The summed E-state index contributed by atoms with van der Waals surface area (Å²) < 4.78 is 45.8. The van der Waals surface area contributed by atoms with Crippen molar-refractivity contribution in [1.82, 2.24) is 10.6 Å². The molecule has 7 nitrogen and oxygen atoms in total. The van der Waals surface area contributed by atoms with E-state index in [0.717, 1.165) is 22.3 Å². The van der Waals surface area contributed by atoms with E-state index in [1.807, 2.05) is 59.2 Å². The van der Waals surface area contributed by atoms with E-state index >= 15 is 0 Å². The second-order valence-corrected chi connectivity index (χ2v) is 8.51. The molecule has 0 saturated heterocycles. The van der Waals surface area contributed by atoms with Crippen molar-refractivity contribution >= 4 is 18.0 Å². The number of hydrogen-bond donors (Lipinski definition) is 3. The van der Waals surface area contributed by atoms with Crippen LogP contribution in [0.3, 0.4) is 0 Å². The molecule has 0 aromatic heterocycles. The van der Waals surface area contributed by atoms with Crippen LogP contribution in [0.1, 0.15) is 37.3 Å². The average Bonchev–Trinajstić information content (AvgIpc) is 3.13. The van der Waals surface area contributed by atoms with E-state index in [4.69, 9.17) is 4.74 Å². The van der Waals surface area contributed by atoms with Gasteiger partial charge in [-0.1, -0.05) is 68.8 Å². The maximum absolute atomic E-state index is 13.5. The SMILES string of the molecule is CCC(C)C(NC(=O)C(CNC(=O)OCC1c2ccccc2-c2ccccc21)C(F)(F)F)C(=O)O. The maximum Gasteiger partial charge on any atom is 0.407 e. The fourth-order valence-corrected chi connectivity index (χ4v) is 4.13. The zero-order chi connectivity index (χ0) is 25.8. The Morgan fingerprint density at radius 1 is 1.03 bits per heavy atom. The normalized spacial score (nSPS) is 15.3. The zero-order valence-electron chi connectivity index (χ0n) is 19.3. The Bertz CT molecular complexity index is 1040. The number of alkyl halides is 3. The standard InChI is InChI=1S/C25H27F3N2O5/c1-3-14(2)21(23(32)33)30-22(31)20(25(26,27)28)12-29-24(34)35-13-19-17-10-6-4-8-15(17)16-9-5-7-11-18(16)19/h4-11,14,19-21H,3,12-13H2,1-2H3,(H,29,34)(H,30,31)(H,32,33). The number of carbonyl (C=O) groups is 3. The summed E-state index contributed by atoms with van der Waals surface area (Å²) in [5, 5.41) is 13.2. The van der Waals surface area contributed by atoms with Gasteiger partial charge in [0.05, 0.1) is 0 Å². The number of halogens is 3. The molecule has 0 fully saturated rings. The highest BCUT2D eigenvalue weighted by Gasteiger charge is 2.46. The smallest absolute Gasteiger partial charge is 0.407 e. The minimum atomic E-state index is -5.00. The molecule has 2 amide bonds. The maximum atomic E-state index is 13.5. The lowest BCUT2D eigenvalue weighted by atomic mass is 9.98. The summed E-state index contributed by atoms with van der Waals surface area (Å²) in [6.07, 6.45) is -5.77. The number of carbonyl (C=O) groups excluding carboxylic acids is 2. The Hall–Kier alpha value is -3.56. The molecule has 2 aromatic rings. The van der Waals surface area contributed by atoms with Gasteiger partial charge in [-0.05, 0) is 28.2 Å². The van der Waals surface area contributed by atoms with Crippen molar-refractivity contribution < 1.29 is 37.4 Å². The van der Waals surface area contributed by atoms with E-state index in [0.29, 0.717) is 6.42 Å². The van der Waals surface area contributed by atoms with Crippen LogP contribution in [-0.2, 0) is 14.3 Å². The van der Waals surface area contributed by atoms with E-state index in [9.17, 15) is 32.7 Å². The Kier molecular flexibility index (Phi) is 8.03. The molecule has 3 rings (SSSR count). The molecule has 1 aliphatic rings. The van der Waals surface area contributed by atoms with Crippen molar-refractivity contribution in [2.45, 2.75) is 38.4 Å². The van der Waals surface area contributed by atoms with Gasteiger partial charge in [0.2, 0.25) is 5.91 Å². The van der Waals surface area contributed by atoms with Crippen LogP contribution in [0.5, 0.6) is 0 Å². The fraction of sp³-hybridized carbons (Fsp3) is 0.400. The number of nitrogens with one attached hydrogen (secondary N) is 2. The van der Waals surface area contributed by atoms with Crippen LogP contribution in [0.25, 0.3) is 11.1 Å². The Labute approximate surface area is 200 Å². The summed E-state index contributed by atoms with van der Waals surface area (Å²) in [5.74, 6) is -6.45. The predicted molar refractivity (Wildman–Crippen MR) is 122 cm³/mol. The molecule has 10 heteroatoms. The number of ether oxygens (including phenoxy) is 1. The molecule has 0 bridgehead atoms. The summed E-state index contributed by atoms with van der Waals surface area (Å²) in [6, 6.07) is 13.7. The first-order valence-electron chi connectivity index (χ1n) is 11.2. The molecule has 3 N–H and O–H groups in total. The molecule has 0 heterocycles. The number of rotatable bonds is 9. The van der Waals surface area contributed by atoms with Gasteiger partial charge < -0.3 is 20.5 Å². The first kappa shape index (κ1) is 26.1. The summed E-state index contributed by atoms with van der Waals surface area (Å²) >= 11 is 0. The highest BCUT2D eigenvalue weighted by Crippen LogP contribution is 2.44. The summed E-state index contributed by atoms with van der Waals surface area (Å²) in [4.78, 5) is 35.9. The van der Waals surface area contributed by atoms with Crippen LogP contribution in [-0.4, -0.2) is 48.4 Å². The molecular formula is C25H27F3N2O5. The molecule has 2 aromatic carbocycles. The van der Waals surface area contributed by atoms with Gasteiger partial charge >= 0.3 is 18.2 Å². The van der Waals surface area contributed by atoms with E-state index < -0.39 is 48.6 Å². The summed E-state index contributed by atoms with van der Waals surface area (Å²) in [5.41, 5.74) is 3.89. The van der Waals surface area contributed by atoms with Crippen molar-refractivity contribution in [1.29, 1.82) is 0 Å². The van der Waals surface area contributed by atoms with E-state index in [-0.39, 0.29) is 12.5 Å². The number of hydrogen-bond acceptors (Lipinski definition) is 4. The lowest BCUT2D eigenvalue weighted by Crippen LogP contribution is -2.52. The number of amides is 2. The molecular weight excluding hydrogens is 465 g/mol. The number of fused-ring (bicyclic) bond motifs is 3. The van der Waals surface area contributed by atoms with Crippen LogP contribution in [0.15, 0.2) is 48.5 Å². The van der Waals surface area contributed by atoms with Gasteiger partial charge in [-0.2, -0.15) is 13.2 Å². The number of aliphatic carboxylic acids is 1. The van der Waals surface area contributed by atoms with Crippen LogP contribution >= 0.6 is 0 Å². The molecule has 1 aliphatic carbocycles. The van der Waals surface area contributed by atoms with Crippen molar-refractivity contribution in [2.24, 2.45) is 11.8 Å². The molecule has 0 spiro atoms. The number of carboxylic acid groups (broad SMARTS) is 1. The first-order valence-corrected chi connectivity index (χ1v) is 11.2. The lowest BCUT2D eigenvalue weighted by Gasteiger charge is -2.25. The molecule has 0 aliphatic heterocycles. The molecule has 0 saturated carbocycles. The predicted octanol–water partition coefficient (Wildman–Crippen LogP) is 4.32. The monoisotopic (exact) mass is 492 g/mol. The van der Waals surface area contributed by atoms with E-state index in [1.165, 1.54) is 6.92 Å². The molecule has 35 heavy (non-hydrogen) atoms. The Balaban J connectivity index is 1.63. The van der Waals surface area contributed by atoms with Gasteiger partial charge in [0.25, 0.3) is 0 Å². The van der Waals surface area contributed by atoms with E-state index in [2.05, 4.69) is 0 Å². The topological polar surface area (TPSA) is 105 Å². The van der Waals surface area contributed by atoms with Crippen molar-refractivity contribution in [2.75, 3.05) is 13.2 Å². The molecule has 3 atom stereocenters. The molecule has 0 radical (unpaired) electrons. The highest BCUT2D eigenvalue weighted by molar-refractivity contribution is 5.86. The van der Waals surface area contributed by atoms with Crippen molar-refractivity contribution in [3.8, 4) is 11.1 Å². The molecule has 188 valence electrons. The van der Waals surface area contributed by atoms with Gasteiger partial charge in [-0.15, -0.1) is 0 Å². The van der Waals surface area contributed by atoms with E-state index in [1.54, 1.807) is 6.92 Å². The number of benzene rings is 2. The second-order valence-electron chi connectivity index (χ2n) is 8.51. The summed E-state index contributed by atoms with van der Waals surface area (Å²) in [7, 11) is 0. The number of carboxylic acids is 1. The van der Waals surface area contributed by atoms with Gasteiger partial charge in [0, 0.05) is 12.5 Å². The quantitative estimate of drug-likeness (QED) is 0.484. The molecule has 3 unspecified atom stereocenters. The van der Waals surface area contributed by atoms with Gasteiger partial charge in [-0.25, -0.2) is 9.59 Å². The van der Waals surface area contributed by atoms with Crippen LogP contribution in [0.2, 0.25) is 0 Å². The largest absolute Gasteiger partial charge is 0.480 e. The van der Waals surface area contributed by atoms with Crippen molar-refractivity contribution in [3.05, 3.63) is 59.7 Å². The third-order valence-corrected chi connectivity index (χ3v) is 6.28. The number of alkyl carbamates (subject to hydrolysis) is 1. The zero-order valence-corrected chi connectivity index (χ0v) is 19.3. The third kappa shape index (κ3) is 5.93. The van der Waals surface area contributed by atoms with Crippen LogP contribution in [0.4, 0.5) is 18.0 Å². The minimum Gasteiger partial charge on any atom is -0.480 e. The van der Waals surface area contributed by atoms with Gasteiger partial charge in [0.1, 0.15) is 12.6 Å². The third-order valence-electron chi connectivity index (χ3n) is 6.28. The fourth-order valence-electron chi connectivity index (χ4n) is 4.13. The highest BCUT2D eigenvalue weighted by atomic mass is 19.4. The first-order chi connectivity index (χ1) is 16.5. The van der Waals surface area contributed by atoms with Crippen molar-refractivity contribution in [3.63, 3.8) is 0 Å². The van der Waals surface area contributed by atoms with Gasteiger partial charge in [-0.3, -0.25) is 4.79 Å². The Morgan fingerprint density at radius 3 is 2.06 bits per heavy atom. The summed E-state index contributed by atoms with van der Waals surface area (Å²) in [6.45, 7) is 1.99.